The molecule has 0 saturated carbocycles. The highest BCUT2D eigenvalue weighted by Gasteiger charge is 2.29. The monoisotopic (exact) mass is 492 g/mol. The van der Waals surface area contributed by atoms with Crippen LogP contribution in [0.5, 0.6) is 0 Å². The second-order valence-electron chi connectivity index (χ2n) is 8.41. The quantitative estimate of drug-likeness (QED) is 0.472. The normalized spacial score (nSPS) is 13.8. The van der Waals surface area contributed by atoms with Crippen LogP contribution in [-0.4, -0.2) is 41.6 Å². The molecule has 7 nitrogen and oxygen atoms in total. The second kappa shape index (κ2) is 11.7. The van der Waals surface area contributed by atoms with Crippen molar-refractivity contribution in [3.63, 3.8) is 0 Å². The summed E-state index contributed by atoms with van der Waals surface area (Å²) in [4.78, 5) is 31.9. The number of benzene rings is 2. The third kappa shape index (κ3) is 6.11. The lowest BCUT2D eigenvalue weighted by Crippen LogP contribution is -2.50. The van der Waals surface area contributed by atoms with Crippen LogP contribution in [0.2, 0.25) is 5.02 Å². The molecule has 0 spiro atoms. The smallest absolute Gasteiger partial charge is 0.428 e. The van der Waals surface area contributed by atoms with Crippen LogP contribution in [0.1, 0.15) is 25.3 Å². The SMILES string of the molecule is CCN(NC(=O)C1CCN(c2c(Cl)cncc2-c2ccccc2)CC1)C(=O)OCc1ccccc1. The first-order chi connectivity index (χ1) is 17.1. The Balaban J connectivity index is 1.35. The lowest BCUT2D eigenvalue weighted by Gasteiger charge is -2.35. The highest BCUT2D eigenvalue weighted by molar-refractivity contribution is 6.33. The molecular weight excluding hydrogens is 464 g/mol. The summed E-state index contributed by atoms with van der Waals surface area (Å²) in [5.41, 5.74) is 6.58. The van der Waals surface area contributed by atoms with Crippen LogP contribution >= 0.6 is 11.6 Å². The molecule has 4 rings (SSSR count). The summed E-state index contributed by atoms with van der Waals surface area (Å²) in [5.74, 6) is -0.379. The number of anilines is 1. The predicted octanol–water partition coefficient (Wildman–Crippen LogP) is 5.31. The molecule has 2 heterocycles. The first-order valence-corrected chi connectivity index (χ1v) is 12.2. The number of piperidine rings is 1. The van der Waals surface area contributed by atoms with Gasteiger partial charge in [-0.2, -0.15) is 0 Å². The first kappa shape index (κ1) is 24.5. The van der Waals surface area contributed by atoms with Crippen LogP contribution in [0.25, 0.3) is 11.1 Å². The summed E-state index contributed by atoms with van der Waals surface area (Å²) in [7, 11) is 0. The lowest BCUT2D eigenvalue weighted by molar-refractivity contribution is -0.130. The zero-order chi connectivity index (χ0) is 24.6. The number of hydrazine groups is 1. The summed E-state index contributed by atoms with van der Waals surface area (Å²) in [5, 5.41) is 1.82. The summed E-state index contributed by atoms with van der Waals surface area (Å²) >= 11 is 6.57. The van der Waals surface area contributed by atoms with Crippen molar-refractivity contribution in [1.82, 2.24) is 15.4 Å². The molecule has 1 aliphatic rings. The highest BCUT2D eigenvalue weighted by Crippen LogP contribution is 2.38. The van der Waals surface area contributed by atoms with Crippen molar-refractivity contribution >= 4 is 29.3 Å². The Bertz CT molecular complexity index is 1140. The molecule has 8 heteroatoms. The van der Waals surface area contributed by atoms with Gasteiger partial charge in [-0.15, -0.1) is 0 Å². The van der Waals surface area contributed by atoms with Gasteiger partial charge in [0.15, 0.2) is 0 Å². The maximum atomic E-state index is 12.9. The molecule has 35 heavy (non-hydrogen) atoms. The number of nitrogens with zero attached hydrogens (tertiary/aromatic N) is 3. The van der Waals surface area contributed by atoms with Gasteiger partial charge in [0.1, 0.15) is 6.61 Å². The summed E-state index contributed by atoms with van der Waals surface area (Å²) in [6.45, 7) is 3.60. The number of pyridine rings is 1. The van der Waals surface area contributed by atoms with Crippen molar-refractivity contribution in [2.45, 2.75) is 26.4 Å². The zero-order valence-corrected chi connectivity index (χ0v) is 20.4. The third-order valence-electron chi connectivity index (χ3n) is 6.13. The van der Waals surface area contributed by atoms with E-state index in [2.05, 4.69) is 15.3 Å². The Morgan fingerprint density at radius 1 is 1.06 bits per heavy atom. The van der Waals surface area contributed by atoms with E-state index in [1.165, 1.54) is 5.01 Å². The topological polar surface area (TPSA) is 74.8 Å². The number of hydrogen-bond donors (Lipinski definition) is 1. The zero-order valence-electron chi connectivity index (χ0n) is 19.7. The van der Waals surface area contributed by atoms with Gasteiger partial charge in [0, 0.05) is 43.5 Å². The molecule has 1 aliphatic heterocycles. The molecule has 0 radical (unpaired) electrons. The number of carbonyl (C=O) groups is 2. The molecule has 1 N–H and O–H groups in total. The molecule has 1 fully saturated rings. The van der Waals surface area contributed by atoms with Gasteiger partial charge in [0.05, 0.1) is 10.7 Å². The summed E-state index contributed by atoms with van der Waals surface area (Å²) in [6.07, 6.45) is 4.21. The summed E-state index contributed by atoms with van der Waals surface area (Å²) in [6, 6.07) is 19.5. The molecular formula is C27H29ClN4O3. The minimum Gasteiger partial charge on any atom is -0.443 e. The number of amides is 2. The second-order valence-corrected chi connectivity index (χ2v) is 8.81. The van der Waals surface area contributed by atoms with E-state index in [-0.39, 0.29) is 18.4 Å². The van der Waals surface area contributed by atoms with Crippen molar-refractivity contribution < 1.29 is 14.3 Å². The van der Waals surface area contributed by atoms with Gasteiger partial charge in [0.2, 0.25) is 5.91 Å². The third-order valence-corrected chi connectivity index (χ3v) is 6.40. The van der Waals surface area contributed by atoms with Gasteiger partial charge in [-0.3, -0.25) is 15.2 Å². The first-order valence-electron chi connectivity index (χ1n) is 11.8. The molecule has 182 valence electrons. The van der Waals surface area contributed by atoms with Gasteiger partial charge >= 0.3 is 6.09 Å². The predicted molar refractivity (Wildman–Crippen MR) is 137 cm³/mol. The molecule has 2 amide bonds. The number of carbonyl (C=O) groups excluding carboxylic acids is 2. The largest absolute Gasteiger partial charge is 0.443 e. The molecule has 0 atom stereocenters. The van der Waals surface area contributed by atoms with Gasteiger partial charge in [-0.1, -0.05) is 72.3 Å². The Hall–Kier alpha value is -3.58. The van der Waals surface area contributed by atoms with Gasteiger partial charge < -0.3 is 9.64 Å². The lowest BCUT2D eigenvalue weighted by atomic mass is 9.95. The number of halogens is 1. The van der Waals surface area contributed by atoms with E-state index in [9.17, 15) is 9.59 Å². The van der Waals surface area contributed by atoms with E-state index < -0.39 is 6.09 Å². The average molecular weight is 493 g/mol. The fraction of sp³-hybridized carbons (Fsp3) is 0.296. The van der Waals surface area contributed by atoms with E-state index in [1.54, 1.807) is 13.1 Å². The van der Waals surface area contributed by atoms with Crippen LogP contribution in [0.3, 0.4) is 0 Å². The summed E-state index contributed by atoms with van der Waals surface area (Å²) < 4.78 is 5.36. The van der Waals surface area contributed by atoms with Crippen molar-refractivity contribution in [2.75, 3.05) is 24.5 Å². The Kier molecular flexibility index (Phi) is 8.21. The highest BCUT2D eigenvalue weighted by atomic mass is 35.5. The standard InChI is InChI=1S/C27H29ClN4O3/c1-2-32(27(34)35-19-20-9-5-3-6-10-20)30-26(33)22-13-15-31(16-14-22)25-23(17-29-18-24(25)28)21-11-7-4-8-12-21/h3-12,17-18,22H,2,13-16,19H2,1H3,(H,30,33). The molecule has 0 bridgehead atoms. The van der Waals surface area contributed by atoms with E-state index in [1.807, 2.05) is 66.9 Å². The van der Waals surface area contributed by atoms with E-state index >= 15 is 0 Å². The van der Waals surface area contributed by atoms with Gasteiger partial charge in [-0.25, -0.2) is 9.80 Å². The maximum Gasteiger partial charge on any atom is 0.428 e. The van der Waals surface area contributed by atoms with Crippen molar-refractivity contribution in [1.29, 1.82) is 0 Å². The molecule has 1 aromatic heterocycles. The van der Waals surface area contributed by atoms with Crippen LogP contribution in [-0.2, 0) is 16.1 Å². The average Bonchev–Trinajstić information content (AvgIpc) is 2.91. The number of aromatic nitrogens is 1. The van der Waals surface area contributed by atoms with Crippen LogP contribution < -0.4 is 10.3 Å². The van der Waals surface area contributed by atoms with E-state index in [4.69, 9.17) is 16.3 Å². The number of rotatable bonds is 6. The van der Waals surface area contributed by atoms with Gasteiger partial charge in [0.25, 0.3) is 0 Å². The fourth-order valence-electron chi connectivity index (χ4n) is 4.22. The van der Waals surface area contributed by atoms with E-state index in [0.717, 1.165) is 22.4 Å². The molecule has 2 aromatic carbocycles. The minimum atomic E-state index is -0.571. The van der Waals surface area contributed by atoms with Crippen molar-refractivity contribution in [2.24, 2.45) is 5.92 Å². The Morgan fingerprint density at radius 3 is 2.37 bits per heavy atom. The fourth-order valence-corrected chi connectivity index (χ4v) is 4.50. The molecule has 1 saturated heterocycles. The molecule has 3 aromatic rings. The van der Waals surface area contributed by atoms with Crippen molar-refractivity contribution in [3.8, 4) is 11.1 Å². The number of ether oxygens (including phenoxy) is 1. The van der Waals surface area contributed by atoms with Gasteiger partial charge in [-0.05, 0) is 30.9 Å². The van der Waals surface area contributed by atoms with Crippen LogP contribution in [0.15, 0.2) is 73.1 Å². The molecule has 0 unspecified atom stereocenters. The maximum absolute atomic E-state index is 12.9. The van der Waals surface area contributed by atoms with Crippen LogP contribution in [0, 0.1) is 5.92 Å². The van der Waals surface area contributed by atoms with Crippen molar-refractivity contribution in [3.05, 3.63) is 83.6 Å². The Labute approximate surface area is 210 Å². The molecule has 0 aliphatic carbocycles. The number of hydrogen-bond acceptors (Lipinski definition) is 5. The van der Waals surface area contributed by atoms with Crippen LogP contribution in [0.4, 0.5) is 10.5 Å². The number of nitrogens with one attached hydrogen (secondary N) is 1. The Morgan fingerprint density at radius 2 is 1.71 bits per heavy atom. The minimum absolute atomic E-state index is 0.154. The van der Waals surface area contributed by atoms with E-state index in [0.29, 0.717) is 37.5 Å².